The SMILES string of the molecule is O=C(O)/C=C/Cn1cccc(Br)c1=O. The average Bonchev–Trinajstić information content (AvgIpc) is 2.12. The second-order valence-electron chi connectivity index (χ2n) is 2.55. The number of aliphatic carboxylic acids is 1. The molecule has 0 unspecified atom stereocenters. The standard InChI is InChI=1S/C9H8BrNO3/c10-7-3-1-5-11(9(7)14)6-2-4-8(12)13/h1-5H,6H2,(H,12,13)/b4-2+. The second kappa shape index (κ2) is 4.76. The van der Waals surface area contributed by atoms with E-state index in [1.54, 1.807) is 18.3 Å². The van der Waals surface area contributed by atoms with Crippen molar-refractivity contribution in [2.75, 3.05) is 0 Å². The fourth-order valence-corrected chi connectivity index (χ4v) is 1.30. The summed E-state index contributed by atoms with van der Waals surface area (Å²) in [7, 11) is 0. The predicted octanol–water partition coefficient (Wildman–Crippen LogP) is 1.25. The van der Waals surface area contributed by atoms with Crippen LogP contribution in [0.1, 0.15) is 0 Å². The summed E-state index contributed by atoms with van der Waals surface area (Å²) in [6, 6.07) is 3.35. The summed E-state index contributed by atoms with van der Waals surface area (Å²) in [6.45, 7) is 0.255. The first kappa shape index (κ1) is 10.7. The smallest absolute Gasteiger partial charge is 0.328 e. The first-order valence-electron chi connectivity index (χ1n) is 3.85. The summed E-state index contributed by atoms with van der Waals surface area (Å²) in [4.78, 5) is 21.5. The zero-order valence-corrected chi connectivity index (χ0v) is 8.77. The average molecular weight is 258 g/mol. The number of pyridine rings is 1. The van der Waals surface area contributed by atoms with Crippen molar-refractivity contribution >= 4 is 21.9 Å². The van der Waals surface area contributed by atoms with Gasteiger partial charge in [-0.05, 0) is 28.1 Å². The third-order valence-corrected chi connectivity index (χ3v) is 2.14. The van der Waals surface area contributed by atoms with Gasteiger partial charge in [-0.25, -0.2) is 4.79 Å². The molecular weight excluding hydrogens is 250 g/mol. The molecule has 0 aliphatic rings. The van der Waals surface area contributed by atoms with Crippen LogP contribution in [-0.4, -0.2) is 15.6 Å². The molecule has 1 heterocycles. The fourth-order valence-electron chi connectivity index (χ4n) is 0.918. The summed E-state index contributed by atoms with van der Waals surface area (Å²) in [5.41, 5.74) is -0.178. The number of carbonyl (C=O) groups is 1. The Balaban J connectivity index is 2.83. The Morgan fingerprint density at radius 2 is 2.36 bits per heavy atom. The largest absolute Gasteiger partial charge is 0.478 e. The predicted molar refractivity (Wildman–Crippen MR) is 55.2 cm³/mol. The van der Waals surface area contributed by atoms with Crippen LogP contribution in [0.3, 0.4) is 0 Å². The zero-order valence-electron chi connectivity index (χ0n) is 7.18. The van der Waals surface area contributed by atoms with Gasteiger partial charge in [0.25, 0.3) is 5.56 Å². The number of rotatable bonds is 3. The van der Waals surface area contributed by atoms with Crippen molar-refractivity contribution in [2.45, 2.75) is 6.54 Å². The van der Waals surface area contributed by atoms with Crippen LogP contribution in [0.2, 0.25) is 0 Å². The Morgan fingerprint density at radius 1 is 1.64 bits per heavy atom. The number of allylic oxidation sites excluding steroid dienone is 1. The molecule has 0 spiro atoms. The maximum atomic E-state index is 11.4. The molecule has 0 aromatic carbocycles. The Morgan fingerprint density at radius 3 is 3.00 bits per heavy atom. The molecule has 0 fully saturated rings. The van der Waals surface area contributed by atoms with Crippen molar-refractivity contribution in [1.29, 1.82) is 0 Å². The van der Waals surface area contributed by atoms with Gasteiger partial charge in [0, 0.05) is 18.8 Å². The van der Waals surface area contributed by atoms with Crippen molar-refractivity contribution in [3.05, 3.63) is 45.3 Å². The van der Waals surface area contributed by atoms with Crippen molar-refractivity contribution < 1.29 is 9.90 Å². The van der Waals surface area contributed by atoms with Crippen LogP contribution in [0.4, 0.5) is 0 Å². The lowest BCUT2D eigenvalue weighted by Crippen LogP contribution is -2.18. The molecule has 0 aliphatic heterocycles. The molecule has 0 saturated heterocycles. The van der Waals surface area contributed by atoms with E-state index in [1.807, 2.05) is 0 Å². The third-order valence-electron chi connectivity index (χ3n) is 1.54. The molecule has 0 aliphatic carbocycles. The summed E-state index contributed by atoms with van der Waals surface area (Å²) >= 11 is 3.09. The minimum Gasteiger partial charge on any atom is -0.478 e. The van der Waals surface area contributed by atoms with E-state index >= 15 is 0 Å². The first-order valence-corrected chi connectivity index (χ1v) is 4.65. The van der Waals surface area contributed by atoms with Gasteiger partial charge in [0.1, 0.15) is 0 Å². The van der Waals surface area contributed by atoms with Crippen molar-refractivity contribution in [1.82, 2.24) is 4.57 Å². The molecule has 5 heteroatoms. The molecular formula is C9H8BrNO3. The molecule has 14 heavy (non-hydrogen) atoms. The molecule has 0 saturated carbocycles. The Hall–Kier alpha value is -1.36. The molecule has 0 radical (unpaired) electrons. The second-order valence-corrected chi connectivity index (χ2v) is 3.41. The lowest BCUT2D eigenvalue weighted by molar-refractivity contribution is -0.131. The maximum Gasteiger partial charge on any atom is 0.328 e. The lowest BCUT2D eigenvalue weighted by atomic mass is 10.4. The Kier molecular flexibility index (Phi) is 3.64. The molecule has 0 amide bonds. The van der Waals surface area contributed by atoms with Crippen LogP contribution < -0.4 is 5.56 Å². The highest BCUT2D eigenvalue weighted by Crippen LogP contribution is 2.00. The quantitative estimate of drug-likeness (QED) is 0.830. The molecule has 1 aromatic heterocycles. The van der Waals surface area contributed by atoms with Gasteiger partial charge in [-0.1, -0.05) is 6.08 Å². The fraction of sp³-hybridized carbons (Fsp3) is 0.111. The highest BCUT2D eigenvalue weighted by atomic mass is 79.9. The number of hydrogen-bond acceptors (Lipinski definition) is 2. The van der Waals surface area contributed by atoms with Crippen LogP contribution in [-0.2, 0) is 11.3 Å². The van der Waals surface area contributed by atoms with Crippen molar-refractivity contribution in [3.63, 3.8) is 0 Å². The molecule has 1 aromatic rings. The minimum absolute atomic E-state index is 0.178. The van der Waals surface area contributed by atoms with Crippen LogP contribution in [0.5, 0.6) is 0 Å². The molecule has 1 N–H and O–H groups in total. The third kappa shape index (κ3) is 2.85. The summed E-state index contributed by atoms with van der Waals surface area (Å²) in [5.74, 6) is -1.02. The summed E-state index contributed by atoms with van der Waals surface area (Å²) in [5, 5.41) is 8.33. The van der Waals surface area contributed by atoms with Gasteiger partial charge in [0.15, 0.2) is 0 Å². The van der Waals surface area contributed by atoms with Crippen LogP contribution in [0, 0.1) is 0 Å². The van der Waals surface area contributed by atoms with E-state index in [-0.39, 0.29) is 12.1 Å². The maximum absolute atomic E-state index is 11.4. The highest BCUT2D eigenvalue weighted by Gasteiger charge is 1.97. The topological polar surface area (TPSA) is 59.3 Å². The summed E-state index contributed by atoms with van der Waals surface area (Å²) in [6.07, 6.45) is 4.02. The van der Waals surface area contributed by atoms with Crippen LogP contribution >= 0.6 is 15.9 Å². The monoisotopic (exact) mass is 257 g/mol. The molecule has 4 nitrogen and oxygen atoms in total. The molecule has 1 rings (SSSR count). The van der Waals surface area contributed by atoms with E-state index in [1.165, 1.54) is 10.6 Å². The minimum atomic E-state index is -1.02. The van der Waals surface area contributed by atoms with Crippen LogP contribution in [0.25, 0.3) is 0 Å². The first-order chi connectivity index (χ1) is 6.61. The summed E-state index contributed by atoms with van der Waals surface area (Å²) < 4.78 is 1.87. The number of carboxylic acid groups (broad SMARTS) is 1. The Labute approximate surface area is 88.6 Å². The number of halogens is 1. The van der Waals surface area contributed by atoms with Gasteiger partial charge in [0.2, 0.25) is 0 Å². The molecule has 0 atom stereocenters. The zero-order chi connectivity index (χ0) is 10.6. The van der Waals surface area contributed by atoms with Gasteiger partial charge in [-0.3, -0.25) is 4.79 Å². The normalized spacial score (nSPS) is 10.6. The molecule has 0 bridgehead atoms. The van der Waals surface area contributed by atoms with E-state index in [4.69, 9.17) is 5.11 Å². The van der Waals surface area contributed by atoms with Crippen molar-refractivity contribution in [2.24, 2.45) is 0 Å². The molecule has 74 valence electrons. The van der Waals surface area contributed by atoms with Gasteiger partial charge in [-0.15, -0.1) is 0 Å². The lowest BCUT2D eigenvalue weighted by Gasteiger charge is -2.00. The van der Waals surface area contributed by atoms with Gasteiger partial charge in [0.05, 0.1) is 4.47 Å². The number of hydrogen-bond donors (Lipinski definition) is 1. The van der Waals surface area contributed by atoms with Gasteiger partial charge >= 0.3 is 5.97 Å². The van der Waals surface area contributed by atoms with Crippen molar-refractivity contribution in [3.8, 4) is 0 Å². The number of nitrogens with zero attached hydrogens (tertiary/aromatic N) is 1. The van der Waals surface area contributed by atoms with E-state index < -0.39 is 5.97 Å². The number of carboxylic acids is 1. The Bertz CT molecular complexity index is 422. The number of aromatic nitrogens is 1. The van der Waals surface area contributed by atoms with Crippen LogP contribution in [0.15, 0.2) is 39.7 Å². The van der Waals surface area contributed by atoms with E-state index in [2.05, 4.69) is 15.9 Å². The van der Waals surface area contributed by atoms with Gasteiger partial charge < -0.3 is 9.67 Å². The van der Waals surface area contributed by atoms with E-state index in [9.17, 15) is 9.59 Å². The van der Waals surface area contributed by atoms with Gasteiger partial charge in [-0.2, -0.15) is 0 Å². The van der Waals surface area contributed by atoms with E-state index in [0.29, 0.717) is 4.47 Å². The van der Waals surface area contributed by atoms with E-state index in [0.717, 1.165) is 6.08 Å². The highest BCUT2D eigenvalue weighted by molar-refractivity contribution is 9.10.